The second kappa shape index (κ2) is 11.8. The predicted octanol–water partition coefficient (Wildman–Crippen LogP) is 5.65. The van der Waals surface area contributed by atoms with Crippen molar-refractivity contribution in [3.8, 4) is 11.1 Å². The van der Waals surface area contributed by atoms with Gasteiger partial charge in [0, 0.05) is 11.1 Å². The first-order chi connectivity index (χ1) is 17.2. The van der Waals surface area contributed by atoms with Gasteiger partial charge in [0.1, 0.15) is 12.4 Å². The number of rotatable bonds is 9. The average Bonchev–Trinajstić information content (AvgIpc) is 2.85. The lowest BCUT2D eigenvalue weighted by Gasteiger charge is -2.20. The number of hydrogen-bond acceptors (Lipinski definition) is 6. The molecule has 0 aliphatic rings. The quantitative estimate of drug-likeness (QED) is 0.177. The Balaban J connectivity index is 1.87. The maximum absolute atomic E-state index is 13.8. The van der Waals surface area contributed by atoms with Crippen LogP contribution in [0.25, 0.3) is 11.1 Å². The van der Waals surface area contributed by atoms with Crippen LogP contribution in [0.1, 0.15) is 28.3 Å². The van der Waals surface area contributed by atoms with Crippen molar-refractivity contribution in [3.05, 3.63) is 94.8 Å². The van der Waals surface area contributed by atoms with Crippen LogP contribution in [0.3, 0.4) is 0 Å². The zero-order valence-electron chi connectivity index (χ0n) is 19.7. The van der Waals surface area contributed by atoms with Gasteiger partial charge < -0.3 is 14.4 Å². The van der Waals surface area contributed by atoms with Gasteiger partial charge in [-0.3, -0.25) is 0 Å². The molecule has 0 aromatic heterocycles. The summed E-state index contributed by atoms with van der Waals surface area (Å²) in [5, 5.41) is 3.40. The van der Waals surface area contributed by atoms with Crippen LogP contribution in [-0.4, -0.2) is 32.1 Å². The lowest BCUT2D eigenvalue weighted by Crippen LogP contribution is -2.30. The molecule has 3 aromatic rings. The van der Waals surface area contributed by atoms with Gasteiger partial charge in [-0.15, -0.1) is 0 Å². The summed E-state index contributed by atoms with van der Waals surface area (Å²) in [5.74, 6) is -1.06. The van der Waals surface area contributed by atoms with E-state index in [1.807, 2.05) is 0 Å². The Bertz CT molecular complexity index is 1210. The number of nitrogens with zero attached hydrogens (tertiary/aromatic N) is 1. The maximum Gasteiger partial charge on any atom is 0.437 e. The first-order valence-electron chi connectivity index (χ1n) is 10.7. The number of carbonyl (C=O) groups excluding carboxylic acids is 1. The minimum atomic E-state index is -4.79. The third-order valence-electron chi connectivity index (χ3n) is 5.40. The number of oxime groups is 1. The fraction of sp³-hybridized carbons (Fsp3) is 0.231. The van der Waals surface area contributed by atoms with E-state index in [9.17, 15) is 22.4 Å². The molecule has 0 fully saturated rings. The SMILES string of the molecule is CONC(C(=O)OC)c1cccc(C)c1CO/N=C(/c1ccc(-c2ccc(F)cc2)cc1)C(F)(F)F. The van der Waals surface area contributed by atoms with Gasteiger partial charge in [0.15, 0.2) is 11.8 Å². The Labute approximate surface area is 205 Å². The van der Waals surface area contributed by atoms with Crippen molar-refractivity contribution in [2.45, 2.75) is 25.7 Å². The molecular formula is C26H24F4N2O4. The van der Waals surface area contributed by atoms with Crippen LogP contribution in [0.15, 0.2) is 71.9 Å². The monoisotopic (exact) mass is 504 g/mol. The fourth-order valence-corrected chi connectivity index (χ4v) is 3.56. The van der Waals surface area contributed by atoms with Crippen LogP contribution in [-0.2, 0) is 25.8 Å². The Morgan fingerprint density at radius 3 is 2.14 bits per heavy atom. The molecule has 0 amide bonds. The molecule has 0 saturated carbocycles. The van der Waals surface area contributed by atoms with Gasteiger partial charge in [-0.2, -0.15) is 18.7 Å². The van der Waals surface area contributed by atoms with Crippen molar-refractivity contribution in [1.29, 1.82) is 0 Å². The fourth-order valence-electron chi connectivity index (χ4n) is 3.56. The van der Waals surface area contributed by atoms with E-state index in [0.717, 1.165) is 0 Å². The normalized spacial score (nSPS) is 12.8. The van der Waals surface area contributed by atoms with Crippen molar-refractivity contribution in [2.24, 2.45) is 5.16 Å². The largest absolute Gasteiger partial charge is 0.468 e. The van der Waals surface area contributed by atoms with E-state index in [-0.39, 0.29) is 12.2 Å². The number of hydrogen-bond donors (Lipinski definition) is 1. The molecule has 190 valence electrons. The molecule has 0 saturated heterocycles. The van der Waals surface area contributed by atoms with E-state index in [1.165, 1.54) is 62.8 Å². The van der Waals surface area contributed by atoms with Crippen molar-refractivity contribution < 1.29 is 36.8 Å². The van der Waals surface area contributed by atoms with E-state index >= 15 is 0 Å². The van der Waals surface area contributed by atoms with Gasteiger partial charge in [0.25, 0.3) is 0 Å². The molecule has 3 rings (SSSR count). The molecule has 3 aromatic carbocycles. The summed E-state index contributed by atoms with van der Waals surface area (Å²) in [6.45, 7) is 1.39. The molecule has 0 heterocycles. The summed E-state index contributed by atoms with van der Waals surface area (Å²) in [6, 6.07) is 15.1. The summed E-state index contributed by atoms with van der Waals surface area (Å²) in [7, 11) is 2.53. The van der Waals surface area contributed by atoms with Gasteiger partial charge in [0.2, 0.25) is 0 Å². The summed E-state index contributed by atoms with van der Waals surface area (Å²) in [6.07, 6.45) is -4.79. The van der Waals surface area contributed by atoms with Crippen molar-refractivity contribution >= 4 is 11.7 Å². The molecule has 1 atom stereocenters. The molecule has 1 unspecified atom stereocenters. The number of benzene rings is 3. The Morgan fingerprint density at radius 1 is 0.972 bits per heavy atom. The van der Waals surface area contributed by atoms with Crippen LogP contribution in [0, 0.1) is 12.7 Å². The molecule has 0 aliphatic carbocycles. The number of aryl methyl sites for hydroxylation is 1. The number of hydroxylamine groups is 1. The van der Waals surface area contributed by atoms with Gasteiger partial charge in [-0.25, -0.2) is 9.18 Å². The number of ether oxygens (including phenoxy) is 1. The number of halogens is 4. The standard InChI is InChI=1S/C26H24F4N2O4/c1-16-5-4-6-21(23(31-35-3)25(33)34-2)22(16)15-36-32-24(26(28,29)30)19-9-7-17(8-10-19)18-11-13-20(27)14-12-18/h4-14,23,31H,15H2,1-3H3/b32-24-. The Hall–Kier alpha value is -3.76. The predicted molar refractivity (Wildman–Crippen MR) is 125 cm³/mol. The second-order valence-corrected chi connectivity index (χ2v) is 7.72. The van der Waals surface area contributed by atoms with Gasteiger partial charge in [0.05, 0.1) is 14.2 Å². The zero-order chi connectivity index (χ0) is 26.3. The van der Waals surface area contributed by atoms with E-state index in [2.05, 4.69) is 10.6 Å². The molecule has 10 heteroatoms. The average molecular weight is 504 g/mol. The molecule has 36 heavy (non-hydrogen) atoms. The second-order valence-electron chi connectivity index (χ2n) is 7.72. The van der Waals surface area contributed by atoms with Gasteiger partial charge in [-0.05, 0) is 41.3 Å². The number of methoxy groups -OCH3 is 1. The van der Waals surface area contributed by atoms with E-state index < -0.39 is 29.7 Å². The summed E-state index contributed by atoms with van der Waals surface area (Å²) in [4.78, 5) is 22.3. The zero-order valence-corrected chi connectivity index (χ0v) is 19.7. The van der Waals surface area contributed by atoms with Crippen LogP contribution in [0.5, 0.6) is 0 Å². The topological polar surface area (TPSA) is 69.2 Å². The summed E-state index contributed by atoms with van der Waals surface area (Å²) >= 11 is 0. The van der Waals surface area contributed by atoms with Crippen molar-refractivity contribution in [1.82, 2.24) is 5.48 Å². The maximum atomic E-state index is 13.8. The number of alkyl halides is 3. The molecule has 6 nitrogen and oxygen atoms in total. The highest BCUT2D eigenvalue weighted by Gasteiger charge is 2.38. The first-order valence-corrected chi connectivity index (χ1v) is 10.7. The van der Waals surface area contributed by atoms with E-state index in [4.69, 9.17) is 14.4 Å². The van der Waals surface area contributed by atoms with Crippen molar-refractivity contribution in [2.75, 3.05) is 14.2 Å². The molecule has 0 spiro atoms. The van der Waals surface area contributed by atoms with Crippen LogP contribution >= 0.6 is 0 Å². The molecule has 0 aliphatic heterocycles. The highest BCUT2D eigenvalue weighted by molar-refractivity contribution is 6.04. The highest BCUT2D eigenvalue weighted by Crippen LogP contribution is 2.27. The van der Waals surface area contributed by atoms with Crippen LogP contribution in [0.2, 0.25) is 0 Å². The minimum absolute atomic E-state index is 0.202. The highest BCUT2D eigenvalue weighted by atomic mass is 19.4. The summed E-state index contributed by atoms with van der Waals surface area (Å²) in [5.41, 5.74) is 3.91. The third kappa shape index (κ3) is 6.46. The Kier molecular flexibility index (Phi) is 8.78. The van der Waals surface area contributed by atoms with E-state index in [1.54, 1.807) is 25.1 Å². The molecule has 1 N–H and O–H groups in total. The number of nitrogens with one attached hydrogen (secondary N) is 1. The molecular weight excluding hydrogens is 480 g/mol. The lowest BCUT2D eigenvalue weighted by molar-refractivity contribution is -0.147. The third-order valence-corrected chi connectivity index (χ3v) is 5.40. The number of carbonyl (C=O) groups is 1. The lowest BCUT2D eigenvalue weighted by atomic mass is 9.97. The molecule has 0 radical (unpaired) electrons. The first kappa shape index (κ1) is 26.8. The number of esters is 1. The van der Waals surface area contributed by atoms with Crippen molar-refractivity contribution in [3.63, 3.8) is 0 Å². The van der Waals surface area contributed by atoms with E-state index in [0.29, 0.717) is 27.8 Å². The van der Waals surface area contributed by atoms with Gasteiger partial charge >= 0.3 is 12.1 Å². The summed E-state index contributed by atoms with van der Waals surface area (Å²) < 4.78 is 59.3. The smallest absolute Gasteiger partial charge is 0.437 e. The van der Waals surface area contributed by atoms with Gasteiger partial charge in [-0.1, -0.05) is 59.8 Å². The molecule has 0 bridgehead atoms. The Morgan fingerprint density at radius 2 is 1.58 bits per heavy atom. The van der Waals surface area contributed by atoms with Crippen LogP contribution < -0.4 is 5.48 Å². The van der Waals surface area contributed by atoms with Crippen LogP contribution in [0.4, 0.5) is 17.6 Å². The minimum Gasteiger partial charge on any atom is -0.468 e.